The Morgan fingerprint density at radius 3 is 2.43 bits per heavy atom. The molecule has 0 aromatic heterocycles. The van der Waals surface area contributed by atoms with Crippen LogP contribution in [0.5, 0.6) is 0 Å². The molecule has 0 radical (unpaired) electrons. The van der Waals surface area contributed by atoms with Gasteiger partial charge in [-0.05, 0) is 5.92 Å². The summed E-state index contributed by atoms with van der Waals surface area (Å²) < 4.78 is 5.22. The molecule has 3 aliphatic rings. The largest absolute Gasteiger partial charge is 0.465 e. The van der Waals surface area contributed by atoms with Gasteiger partial charge in [0, 0.05) is 23.2 Å². The third-order valence-electron chi connectivity index (χ3n) is 6.69. The lowest BCUT2D eigenvalue weighted by molar-refractivity contribution is -0.238. The van der Waals surface area contributed by atoms with Crippen LogP contribution in [0, 0.1) is 22.7 Å². The monoisotopic (exact) mass is 298 g/mol. The highest BCUT2D eigenvalue weighted by Gasteiger charge is 2.78. The Morgan fingerprint density at radius 2 is 1.81 bits per heavy atom. The molecule has 0 amide bonds. The molecule has 7 atom stereocenters. The highest BCUT2D eigenvalue weighted by molar-refractivity contribution is 5.86. The Balaban J connectivity index is 2.30. The van der Waals surface area contributed by atoms with Crippen molar-refractivity contribution in [1.82, 2.24) is 0 Å². The summed E-state index contributed by atoms with van der Waals surface area (Å²) in [4.78, 5) is 24.5. The van der Waals surface area contributed by atoms with Crippen LogP contribution in [-0.4, -0.2) is 51.5 Å². The SMILES string of the molecule is C[C@@H]1[C@H](O)[C@H](O)[C@@]2(O)[C@]13CC(=O)OC[C@@]2(C)[C@H](C)C(=O)C3. The predicted octanol–water partition coefficient (Wildman–Crippen LogP) is -0.363. The van der Waals surface area contributed by atoms with E-state index in [9.17, 15) is 24.9 Å². The summed E-state index contributed by atoms with van der Waals surface area (Å²) in [5.74, 6) is -1.69. The van der Waals surface area contributed by atoms with E-state index in [-0.39, 0.29) is 25.2 Å². The van der Waals surface area contributed by atoms with Crippen molar-refractivity contribution < 1.29 is 29.6 Å². The van der Waals surface area contributed by atoms with E-state index >= 15 is 0 Å². The van der Waals surface area contributed by atoms with Crippen molar-refractivity contribution in [3.8, 4) is 0 Å². The Bertz CT molecular complexity index is 518. The Morgan fingerprint density at radius 1 is 1.19 bits per heavy atom. The van der Waals surface area contributed by atoms with E-state index in [1.165, 1.54) is 0 Å². The van der Waals surface area contributed by atoms with Gasteiger partial charge < -0.3 is 20.1 Å². The van der Waals surface area contributed by atoms with Gasteiger partial charge >= 0.3 is 5.97 Å². The number of aliphatic hydroxyl groups excluding tert-OH is 2. The van der Waals surface area contributed by atoms with Gasteiger partial charge in [0.2, 0.25) is 0 Å². The van der Waals surface area contributed by atoms with E-state index in [2.05, 4.69) is 0 Å². The van der Waals surface area contributed by atoms with Gasteiger partial charge in [-0.2, -0.15) is 0 Å². The van der Waals surface area contributed by atoms with Crippen molar-refractivity contribution in [2.24, 2.45) is 22.7 Å². The topological polar surface area (TPSA) is 104 Å². The van der Waals surface area contributed by atoms with Crippen LogP contribution in [0.25, 0.3) is 0 Å². The fourth-order valence-electron chi connectivity index (χ4n) is 4.97. The fourth-order valence-corrected chi connectivity index (χ4v) is 4.97. The number of ketones is 1. The van der Waals surface area contributed by atoms with E-state index < -0.39 is 46.4 Å². The van der Waals surface area contributed by atoms with Crippen molar-refractivity contribution in [2.75, 3.05) is 6.61 Å². The number of hydrogen-bond acceptors (Lipinski definition) is 6. The molecular formula is C15H22O6. The predicted molar refractivity (Wildman–Crippen MR) is 71.0 cm³/mol. The summed E-state index contributed by atoms with van der Waals surface area (Å²) in [5, 5.41) is 32.3. The first kappa shape index (κ1) is 14.9. The van der Waals surface area contributed by atoms with Crippen LogP contribution in [0.1, 0.15) is 33.6 Å². The molecular weight excluding hydrogens is 276 g/mol. The molecule has 3 rings (SSSR count). The molecule has 3 fully saturated rings. The molecule has 21 heavy (non-hydrogen) atoms. The summed E-state index contributed by atoms with van der Waals surface area (Å²) in [5.41, 5.74) is -4.00. The maximum absolute atomic E-state index is 12.5. The zero-order valence-corrected chi connectivity index (χ0v) is 12.5. The summed E-state index contributed by atoms with van der Waals surface area (Å²) in [7, 11) is 0. The second-order valence-corrected chi connectivity index (χ2v) is 7.27. The lowest BCUT2D eigenvalue weighted by Crippen LogP contribution is -2.69. The molecule has 0 aromatic rings. The molecule has 2 bridgehead atoms. The Labute approximate surface area is 123 Å². The average Bonchev–Trinajstić information content (AvgIpc) is 2.54. The van der Waals surface area contributed by atoms with Gasteiger partial charge in [-0.1, -0.05) is 20.8 Å². The average molecular weight is 298 g/mol. The van der Waals surface area contributed by atoms with E-state index in [1.54, 1.807) is 20.8 Å². The number of esters is 1. The third-order valence-corrected chi connectivity index (χ3v) is 6.69. The first-order valence-corrected chi connectivity index (χ1v) is 7.38. The first-order valence-electron chi connectivity index (χ1n) is 7.38. The van der Waals surface area contributed by atoms with Crippen molar-refractivity contribution in [2.45, 2.75) is 51.4 Å². The zero-order valence-electron chi connectivity index (χ0n) is 12.5. The van der Waals surface area contributed by atoms with Crippen molar-refractivity contribution in [3.63, 3.8) is 0 Å². The van der Waals surface area contributed by atoms with Crippen molar-refractivity contribution in [1.29, 1.82) is 0 Å². The maximum Gasteiger partial charge on any atom is 0.306 e. The quantitative estimate of drug-likeness (QED) is 0.528. The number of cyclic esters (lactones) is 1. The standard InChI is InChI=1S/C15H22O6/c1-7-9(16)4-14-5-10(17)21-6-13(7,3)15(14,20)12(19)11(18)8(14)2/h7-8,11-12,18-20H,4-6H2,1-3H3/t7-,8-,11+,12+,13+,14-,15+/m1/s1. The normalized spacial score (nSPS) is 56.7. The molecule has 6 nitrogen and oxygen atoms in total. The van der Waals surface area contributed by atoms with E-state index in [4.69, 9.17) is 4.74 Å². The van der Waals surface area contributed by atoms with Crippen molar-refractivity contribution >= 4 is 11.8 Å². The van der Waals surface area contributed by atoms with Gasteiger partial charge in [-0.15, -0.1) is 0 Å². The smallest absolute Gasteiger partial charge is 0.306 e. The summed E-state index contributed by atoms with van der Waals surface area (Å²) >= 11 is 0. The number of Topliss-reactive ketones (excluding diaryl/α,β-unsaturated/α-hetero) is 1. The molecule has 0 aromatic carbocycles. The highest BCUT2D eigenvalue weighted by atomic mass is 16.5. The molecule has 6 heteroatoms. The van der Waals surface area contributed by atoms with E-state index in [0.717, 1.165) is 0 Å². The summed E-state index contributed by atoms with van der Waals surface area (Å²) in [6, 6.07) is 0. The number of aliphatic hydroxyl groups is 3. The van der Waals surface area contributed by atoms with E-state index in [1.807, 2.05) is 0 Å². The van der Waals surface area contributed by atoms with Crippen LogP contribution < -0.4 is 0 Å². The minimum Gasteiger partial charge on any atom is -0.465 e. The molecule has 1 heterocycles. The van der Waals surface area contributed by atoms with Crippen LogP contribution in [0.15, 0.2) is 0 Å². The zero-order chi connectivity index (χ0) is 15.8. The molecule has 0 spiro atoms. The minimum atomic E-state index is -1.72. The Hall–Kier alpha value is -0.980. The lowest BCUT2D eigenvalue weighted by Gasteiger charge is -2.57. The Kier molecular flexibility index (Phi) is 2.89. The molecule has 0 unspecified atom stereocenters. The molecule has 1 saturated heterocycles. The second-order valence-electron chi connectivity index (χ2n) is 7.27. The first-order chi connectivity index (χ1) is 9.62. The third kappa shape index (κ3) is 1.39. The second kappa shape index (κ2) is 4.06. The van der Waals surface area contributed by atoms with Gasteiger partial charge in [0.15, 0.2) is 0 Å². The van der Waals surface area contributed by atoms with Crippen LogP contribution in [0.2, 0.25) is 0 Å². The minimum absolute atomic E-state index is 0.0232. The number of carbonyl (C=O) groups is 2. The molecule has 3 N–H and O–H groups in total. The van der Waals surface area contributed by atoms with Crippen LogP contribution in [-0.2, 0) is 14.3 Å². The molecule has 2 saturated carbocycles. The van der Waals surface area contributed by atoms with Gasteiger partial charge in [0.05, 0.1) is 12.5 Å². The maximum atomic E-state index is 12.5. The number of hydrogen-bond donors (Lipinski definition) is 3. The van der Waals surface area contributed by atoms with Crippen LogP contribution in [0.4, 0.5) is 0 Å². The highest BCUT2D eigenvalue weighted by Crippen LogP contribution is 2.67. The fraction of sp³-hybridized carbons (Fsp3) is 0.867. The molecule has 2 aliphatic carbocycles. The molecule has 1 aliphatic heterocycles. The molecule has 118 valence electrons. The summed E-state index contributed by atoms with van der Waals surface area (Å²) in [6.07, 6.45) is -2.75. The van der Waals surface area contributed by atoms with Gasteiger partial charge in [-0.25, -0.2) is 0 Å². The van der Waals surface area contributed by atoms with E-state index in [0.29, 0.717) is 0 Å². The van der Waals surface area contributed by atoms with Gasteiger partial charge in [0.1, 0.15) is 24.1 Å². The van der Waals surface area contributed by atoms with Crippen molar-refractivity contribution in [3.05, 3.63) is 0 Å². The van der Waals surface area contributed by atoms with Crippen LogP contribution >= 0.6 is 0 Å². The summed E-state index contributed by atoms with van der Waals surface area (Å²) in [6.45, 7) is 4.89. The number of ether oxygens (including phenoxy) is 1. The number of carbonyl (C=O) groups excluding carboxylic acids is 2. The lowest BCUT2D eigenvalue weighted by atomic mass is 9.47. The van der Waals surface area contributed by atoms with Gasteiger partial charge in [0.25, 0.3) is 0 Å². The number of rotatable bonds is 0. The van der Waals surface area contributed by atoms with Gasteiger partial charge in [-0.3, -0.25) is 9.59 Å². The van der Waals surface area contributed by atoms with Crippen LogP contribution in [0.3, 0.4) is 0 Å².